The number of nitrogens with zero attached hydrogens (tertiary/aromatic N) is 2. The van der Waals surface area contributed by atoms with E-state index in [0.717, 1.165) is 59.3 Å². The Morgan fingerprint density at radius 3 is 2.63 bits per heavy atom. The molecule has 4 nitrogen and oxygen atoms in total. The first-order valence-electron chi connectivity index (χ1n) is 9.62. The van der Waals surface area contributed by atoms with Crippen LogP contribution in [0.15, 0.2) is 42.5 Å². The number of aromatic nitrogens is 2. The number of aryl methyl sites for hydroxylation is 1. The van der Waals surface area contributed by atoms with Crippen molar-refractivity contribution in [3.63, 3.8) is 0 Å². The van der Waals surface area contributed by atoms with E-state index < -0.39 is 0 Å². The molecule has 4 rings (SSSR count). The van der Waals surface area contributed by atoms with Gasteiger partial charge in [-0.2, -0.15) is 4.57 Å². The van der Waals surface area contributed by atoms with Gasteiger partial charge in [-0.1, -0.05) is 26.0 Å². The number of pyridine rings is 1. The maximum Gasteiger partial charge on any atom is 0.240 e. The molecule has 0 saturated carbocycles. The number of benzene rings is 2. The number of likely N-dealkylation sites (N-methyl/N-ethyl adjacent to an activating group) is 1. The smallest absolute Gasteiger partial charge is 0.240 e. The molecule has 2 aromatic heterocycles. The van der Waals surface area contributed by atoms with E-state index in [-0.39, 0.29) is 5.82 Å². The number of para-hydroxylation sites is 1. The van der Waals surface area contributed by atoms with Gasteiger partial charge in [0, 0.05) is 19.2 Å². The quantitative estimate of drug-likeness (QED) is 0.503. The normalized spacial score (nSPS) is 11.9. The first-order valence-corrected chi connectivity index (χ1v) is 9.62. The number of halogens is 1. The Morgan fingerprint density at radius 2 is 1.85 bits per heavy atom. The van der Waals surface area contributed by atoms with Gasteiger partial charge in [0.2, 0.25) is 11.0 Å². The summed E-state index contributed by atoms with van der Waals surface area (Å²) in [5.74, 6) is -0.215. The summed E-state index contributed by atoms with van der Waals surface area (Å²) < 4.78 is 16.1. The first-order chi connectivity index (χ1) is 13.1. The highest BCUT2D eigenvalue weighted by atomic mass is 19.1. The Morgan fingerprint density at radius 1 is 1.07 bits per heavy atom. The third-order valence-electron chi connectivity index (χ3n) is 5.48. The number of fused-ring (bicyclic) bond motifs is 4. The van der Waals surface area contributed by atoms with E-state index in [2.05, 4.69) is 51.8 Å². The van der Waals surface area contributed by atoms with Crippen molar-refractivity contribution in [3.8, 4) is 0 Å². The van der Waals surface area contributed by atoms with Crippen molar-refractivity contribution in [3.05, 3.63) is 48.3 Å². The van der Waals surface area contributed by atoms with Gasteiger partial charge in [-0.3, -0.25) is 0 Å². The van der Waals surface area contributed by atoms with E-state index in [1.54, 1.807) is 6.07 Å². The van der Waals surface area contributed by atoms with Crippen LogP contribution in [0.1, 0.15) is 13.8 Å². The van der Waals surface area contributed by atoms with Crippen molar-refractivity contribution in [1.82, 2.24) is 9.88 Å². The SMILES string of the molecule is CCN(CC)CCNc1c2ccccc2[n+](C)c2c1[nH]c1ccc(F)cc12. The largest absolute Gasteiger partial charge is 0.381 e. The second-order valence-corrected chi connectivity index (χ2v) is 6.94. The molecule has 0 spiro atoms. The summed E-state index contributed by atoms with van der Waals surface area (Å²) in [5, 5.41) is 5.73. The molecule has 0 aliphatic rings. The van der Waals surface area contributed by atoms with Gasteiger partial charge in [0.15, 0.2) is 0 Å². The molecular weight excluding hydrogens is 339 g/mol. The molecule has 2 aromatic carbocycles. The van der Waals surface area contributed by atoms with E-state index in [4.69, 9.17) is 0 Å². The van der Waals surface area contributed by atoms with Gasteiger partial charge in [-0.15, -0.1) is 0 Å². The van der Waals surface area contributed by atoms with Crippen LogP contribution in [0.25, 0.3) is 32.8 Å². The fraction of sp³-hybridized carbons (Fsp3) is 0.318. The summed E-state index contributed by atoms with van der Waals surface area (Å²) in [5.41, 5.74) is 5.21. The molecule has 2 heterocycles. The minimum Gasteiger partial charge on any atom is -0.381 e. The predicted molar refractivity (Wildman–Crippen MR) is 111 cm³/mol. The lowest BCUT2D eigenvalue weighted by Crippen LogP contribution is -2.31. The Hall–Kier alpha value is -2.66. The van der Waals surface area contributed by atoms with Gasteiger partial charge in [-0.25, -0.2) is 4.39 Å². The molecule has 0 unspecified atom stereocenters. The molecule has 0 aliphatic heterocycles. The zero-order chi connectivity index (χ0) is 19.0. The summed E-state index contributed by atoms with van der Waals surface area (Å²) in [6.07, 6.45) is 0. The van der Waals surface area contributed by atoms with Crippen LogP contribution in [0.2, 0.25) is 0 Å². The molecule has 0 atom stereocenters. The van der Waals surface area contributed by atoms with Crippen LogP contribution in [-0.4, -0.2) is 36.1 Å². The summed E-state index contributed by atoms with van der Waals surface area (Å²) in [7, 11) is 2.04. The number of aromatic amines is 1. The monoisotopic (exact) mass is 365 g/mol. The number of rotatable bonds is 6. The molecule has 140 valence electrons. The summed E-state index contributed by atoms with van der Waals surface area (Å²) in [6.45, 7) is 8.31. The third kappa shape index (κ3) is 3.02. The zero-order valence-electron chi connectivity index (χ0n) is 16.1. The number of anilines is 1. The number of hydrogen-bond acceptors (Lipinski definition) is 2. The summed E-state index contributed by atoms with van der Waals surface area (Å²) in [4.78, 5) is 5.91. The van der Waals surface area contributed by atoms with Crippen LogP contribution in [0.4, 0.5) is 10.1 Å². The molecule has 0 aliphatic carbocycles. The Labute approximate surface area is 158 Å². The standard InChI is InChI=1S/C22H25FN4/c1-4-27(5-2)13-12-24-20-16-8-6-7-9-19(16)26(3)22-17-14-15(23)10-11-18(17)25-21(20)22/h6-11,14H,4-5,12-13H2,1-3H3,(H,24,25)/p+1. The van der Waals surface area contributed by atoms with Gasteiger partial charge in [0.25, 0.3) is 0 Å². The highest BCUT2D eigenvalue weighted by molar-refractivity contribution is 6.13. The van der Waals surface area contributed by atoms with Crippen LogP contribution >= 0.6 is 0 Å². The Kier molecular flexibility index (Phi) is 4.70. The fourth-order valence-electron chi connectivity index (χ4n) is 3.97. The molecule has 0 saturated heterocycles. The molecule has 27 heavy (non-hydrogen) atoms. The lowest BCUT2D eigenvalue weighted by Gasteiger charge is -2.19. The molecule has 0 bridgehead atoms. The van der Waals surface area contributed by atoms with E-state index in [1.165, 1.54) is 11.5 Å². The Balaban J connectivity index is 1.91. The summed E-state index contributed by atoms with van der Waals surface area (Å²) >= 11 is 0. The van der Waals surface area contributed by atoms with Crippen molar-refractivity contribution >= 4 is 38.5 Å². The van der Waals surface area contributed by atoms with Crippen LogP contribution in [0, 0.1) is 5.82 Å². The molecular formula is C22H26FN4+. The minimum atomic E-state index is -0.215. The molecule has 0 fully saturated rings. The average Bonchev–Trinajstić information content (AvgIpc) is 3.06. The van der Waals surface area contributed by atoms with Crippen molar-refractivity contribution in [2.45, 2.75) is 13.8 Å². The molecule has 4 aromatic rings. The zero-order valence-corrected chi connectivity index (χ0v) is 16.1. The number of H-pyrrole nitrogens is 1. The maximum atomic E-state index is 13.9. The predicted octanol–water partition coefficient (Wildman–Crippen LogP) is 4.19. The number of nitrogens with one attached hydrogen (secondary N) is 2. The van der Waals surface area contributed by atoms with Gasteiger partial charge in [-0.05, 0) is 37.4 Å². The van der Waals surface area contributed by atoms with Crippen molar-refractivity contribution < 1.29 is 8.96 Å². The molecule has 0 radical (unpaired) electrons. The van der Waals surface area contributed by atoms with E-state index in [0.29, 0.717) is 0 Å². The lowest BCUT2D eigenvalue weighted by molar-refractivity contribution is -0.616. The van der Waals surface area contributed by atoms with Gasteiger partial charge >= 0.3 is 0 Å². The highest BCUT2D eigenvalue weighted by Crippen LogP contribution is 2.33. The minimum absolute atomic E-state index is 0.215. The Bertz CT molecular complexity index is 1110. The van der Waals surface area contributed by atoms with Crippen LogP contribution in [-0.2, 0) is 7.05 Å². The molecule has 0 amide bonds. The van der Waals surface area contributed by atoms with Gasteiger partial charge < -0.3 is 15.2 Å². The third-order valence-corrected chi connectivity index (χ3v) is 5.48. The first kappa shape index (κ1) is 17.7. The fourth-order valence-corrected chi connectivity index (χ4v) is 3.97. The maximum absolute atomic E-state index is 13.9. The highest BCUT2D eigenvalue weighted by Gasteiger charge is 2.22. The molecule has 2 N–H and O–H groups in total. The van der Waals surface area contributed by atoms with Crippen molar-refractivity contribution in [2.75, 3.05) is 31.5 Å². The molecule has 5 heteroatoms. The van der Waals surface area contributed by atoms with Crippen LogP contribution < -0.4 is 9.88 Å². The second-order valence-electron chi connectivity index (χ2n) is 6.94. The summed E-state index contributed by atoms with van der Waals surface area (Å²) in [6, 6.07) is 13.3. The lowest BCUT2D eigenvalue weighted by atomic mass is 10.1. The number of hydrogen-bond donors (Lipinski definition) is 2. The van der Waals surface area contributed by atoms with Crippen LogP contribution in [0.5, 0.6) is 0 Å². The van der Waals surface area contributed by atoms with Crippen molar-refractivity contribution in [2.24, 2.45) is 7.05 Å². The van der Waals surface area contributed by atoms with Crippen LogP contribution in [0.3, 0.4) is 0 Å². The van der Waals surface area contributed by atoms with Gasteiger partial charge in [0.1, 0.15) is 18.4 Å². The topological polar surface area (TPSA) is 34.9 Å². The van der Waals surface area contributed by atoms with Gasteiger partial charge in [0.05, 0.1) is 22.0 Å². The van der Waals surface area contributed by atoms with Crippen molar-refractivity contribution in [1.29, 1.82) is 0 Å². The average molecular weight is 365 g/mol. The second kappa shape index (κ2) is 7.16. The van der Waals surface area contributed by atoms with E-state index in [9.17, 15) is 4.39 Å². The van der Waals surface area contributed by atoms with E-state index >= 15 is 0 Å². The van der Waals surface area contributed by atoms with E-state index in [1.807, 2.05) is 19.2 Å².